The maximum atomic E-state index is 12.7. The Bertz CT molecular complexity index is 992. The third-order valence-electron chi connectivity index (χ3n) is 5.42. The summed E-state index contributed by atoms with van der Waals surface area (Å²) in [7, 11) is 3.26. The third kappa shape index (κ3) is 3.57. The summed E-state index contributed by atoms with van der Waals surface area (Å²) in [6, 6.07) is 8.39. The van der Waals surface area contributed by atoms with E-state index in [-0.39, 0.29) is 11.7 Å². The van der Waals surface area contributed by atoms with E-state index in [1.54, 1.807) is 14.2 Å². The highest BCUT2D eigenvalue weighted by atomic mass is 16.5. The molecule has 0 spiro atoms. The number of hydrogen-bond donors (Lipinski definition) is 1. The minimum atomic E-state index is -0.358. The molecule has 148 valence electrons. The molecule has 4 rings (SSSR count). The van der Waals surface area contributed by atoms with Gasteiger partial charge in [-0.1, -0.05) is 6.08 Å². The normalized spacial score (nSPS) is 22.8. The predicted octanol–water partition coefficient (Wildman–Crippen LogP) is 2.92. The molecule has 1 fully saturated rings. The van der Waals surface area contributed by atoms with Crippen LogP contribution in [0.4, 0.5) is 5.69 Å². The molecule has 0 radical (unpaired) electrons. The average molecular weight is 382 g/mol. The Kier molecular flexibility index (Phi) is 5.24. The van der Waals surface area contributed by atoms with E-state index >= 15 is 0 Å². The Labute approximate surface area is 164 Å². The number of nitrogens with one attached hydrogen (secondary N) is 1. The van der Waals surface area contributed by atoms with Gasteiger partial charge in [-0.2, -0.15) is 0 Å². The number of benzene rings is 1. The van der Waals surface area contributed by atoms with Gasteiger partial charge in [0, 0.05) is 55.5 Å². The van der Waals surface area contributed by atoms with Crippen LogP contribution in [-0.4, -0.2) is 46.0 Å². The molecule has 0 amide bonds. The van der Waals surface area contributed by atoms with E-state index in [0.29, 0.717) is 29.4 Å². The van der Waals surface area contributed by atoms with Crippen molar-refractivity contribution in [2.75, 3.05) is 38.8 Å². The van der Waals surface area contributed by atoms with Gasteiger partial charge in [0.15, 0.2) is 0 Å². The highest BCUT2D eigenvalue weighted by Gasteiger charge is 2.21. The molecule has 6 heteroatoms. The number of rotatable bonds is 4. The molecule has 1 aliphatic heterocycles. The minimum absolute atomic E-state index is 0.0461. The smallest absolute Gasteiger partial charge is 0.344 e. The quantitative estimate of drug-likeness (QED) is 0.821. The monoisotopic (exact) mass is 382 g/mol. The van der Waals surface area contributed by atoms with Crippen LogP contribution in [0.1, 0.15) is 18.9 Å². The van der Waals surface area contributed by atoms with Crippen LogP contribution in [0.5, 0.6) is 0 Å². The van der Waals surface area contributed by atoms with E-state index in [1.165, 1.54) is 0 Å². The van der Waals surface area contributed by atoms with E-state index in [1.807, 2.05) is 30.4 Å². The van der Waals surface area contributed by atoms with Gasteiger partial charge in [-0.25, -0.2) is 4.79 Å². The van der Waals surface area contributed by atoms with Gasteiger partial charge >= 0.3 is 5.63 Å². The Balaban J connectivity index is 1.70. The van der Waals surface area contributed by atoms with Crippen molar-refractivity contribution in [3.05, 3.63) is 58.2 Å². The lowest BCUT2D eigenvalue weighted by molar-refractivity contribution is 0.137. The summed E-state index contributed by atoms with van der Waals surface area (Å²) < 4.78 is 16.6. The Morgan fingerprint density at radius 1 is 1.25 bits per heavy atom. The molecule has 28 heavy (non-hydrogen) atoms. The molecule has 2 atom stereocenters. The summed E-state index contributed by atoms with van der Waals surface area (Å²) in [6.07, 6.45) is 4.51. The van der Waals surface area contributed by atoms with Crippen LogP contribution in [0.25, 0.3) is 16.5 Å². The van der Waals surface area contributed by atoms with Crippen LogP contribution in [0.15, 0.2) is 51.4 Å². The fraction of sp³-hybridized carbons (Fsp3) is 0.409. The van der Waals surface area contributed by atoms with Crippen LogP contribution >= 0.6 is 0 Å². The van der Waals surface area contributed by atoms with Gasteiger partial charge in [0.1, 0.15) is 11.3 Å². The molecule has 1 saturated heterocycles. The van der Waals surface area contributed by atoms with E-state index in [4.69, 9.17) is 13.9 Å². The summed E-state index contributed by atoms with van der Waals surface area (Å²) in [6.45, 7) is 4.99. The maximum Gasteiger partial charge on any atom is 0.344 e. The van der Waals surface area contributed by atoms with Crippen LogP contribution in [0, 0.1) is 0 Å². The lowest BCUT2D eigenvalue weighted by Gasteiger charge is -2.33. The first-order chi connectivity index (χ1) is 13.6. The minimum Gasteiger partial charge on any atom is -0.496 e. The lowest BCUT2D eigenvalue weighted by Crippen LogP contribution is -2.49. The lowest BCUT2D eigenvalue weighted by atomic mass is 9.96. The van der Waals surface area contributed by atoms with Crippen molar-refractivity contribution in [2.45, 2.75) is 25.5 Å². The molecular weight excluding hydrogens is 356 g/mol. The largest absolute Gasteiger partial charge is 0.496 e. The predicted molar refractivity (Wildman–Crippen MR) is 111 cm³/mol. The molecule has 1 aromatic carbocycles. The number of piperazine rings is 1. The Hall–Kier alpha value is -2.57. The molecule has 1 unspecified atom stereocenters. The van der Waals surface area contributed by atoms with E-state index < -0.39 is 0 Å². The van der Waals surface area contributed by atoms with Crippen molar-refractivity contribution in [1.82, 2.24) is 5.32 Å². The second-order valence-electron chi connectivity index (χ2n) is 7.33. The highest BCUT2D eigenvalue weighted by Crippen LogP contribution is 2.30. The molecule has 1 N–H and O–H groups in total. The summed E-state index contributed by atoms with van der Waals surface area (Å²) >= 11 is 0. The first kappa shape index (κ1) is 18.8. The molecule has 6 nitrogen and oxygen atoms in total. The summed E-state index contributed by atoms with van der Waals surface area (Å²) in [5.41, 5.74) is 2.59. The van der Waals surface area contributed by atoms with Crippen molar-refractivity contribution in [3.8, 4) is 0 Å². The molecule has 0 bridgehead atoms. The average Bonchev–Trinajstić information content (AvgIpc) is 2.72. The first-order valence-electron chi connectivity index (χ1n) is 9.65. The van der Waals surface area contributed by atoms with Crippen LogP contribution in [0.2, 0.25) is 0 Å². The van der Waals surface area contributed by atoms with Gasteiger partial charge in [-0.3, -0.25) is 0 Å². The zero-order chi connectivity index (χ0) is 19.7. The number of hydrogen-bond acceptors (Lipinski definition) is 6. The SMILES string of the molecule is COC1=CC(OC)CC=C1c1cc2ccc(N3CCN[C@@H](C)C3)cc2oc1=O. The van der Waals surface area contributed by atoms with E-state index in [9.17, 15) is 4.79 Å². The van der Waals surface area contributed by atoms with Gasteiger partial charge < -0.3 is 24.1 Å². The maximum absolute atomic E-state index is 12.7. The van der Waals surface area contributed by atoms with Gasteiger partial charge in [0.05, 0.1) is 18.8 Å². The topological polar surface area (TPSA) is 63.9 Å². The van der Waals surface area contributed by atoms with Crippen molar-refractivity contribution in [1.29, 1.82) is 0 Å². The number of nitrogens with zero attached hydrogens (tertiary/aromatic N) is 1. The summed E-state index contributed by atoms with van der Waals surface area (Å²) in [5.74, 6) is 0.635. The van der Waals surface area contributed by atoms with Gasteiger partial charge in [0.2, 0.25) is 0 Å². The van der Waals surface area contributed by atoms with Gasteiger partial charge in [-0.05, 0) is 37.6 Å². The van der Waals surface area contributed by atoms with E-state index in [2.05, 4.69) is 23.2 Å². The molecule has 2 heterocycles. The fourth-order valence-electron chi connectivity index (χ4n) is 3.90. The number of anilines is 1. The second kappa shape index (κ2) is 7.81. The van der Waals surface area contributed by atoms with Gasteiger partial charge in [0.25, 0.3) is 0 Å². The molecule has 0 saturated carbocycles. The third-order valence-corrected chi connectivity index (χ3v) is 5.42. The zero-order valence-corrected chi connectivity index (χ0v) is 16.5. The summed E-state index contributed by atoms with van der Waals surface area (Å²) in [5, 5.41) is 4.34. The van der Waals surface area contributed by atoms with Crippen molar-refractivity contribution >= 4 is 22.2 Å². The molecule has 2 aromatic rings. The number of methoxy groups -OCH3 is 2. The number of fused-ring (bicyclic) bond motifs is 1. The van der Waals surface area contributed by atoms with Crippen molar-refractivity contribution in [3.63, 3.8) is 0 Å². The highest BCUT2D eigenvalue weighted by molar-refractivity contribution is 5.86. The van der Waals surface area contributed by atoms with E-state index in [0.717, 1.165) is 36.3 Å². The van der Waals surface area contributed by atoms with Crippen LogP contribution in [-0.2, 0) is 9.47 Å². The second-order valence-corrected chi connectivity index (χ2v) is 7.33. The first-order valence-corrected chi connectivity index (χ1v) is 9.65. The van der Waals surface area contributed by atoms with Gasteiger partial charge in [-0.15, -0.1) is 0 Å². The molecular formula is C22H26N2O4. The number of allylic oxidation sites excluding steroid dienone is 1. The fourth-order valence-corrected chi connectivity index (χ4v) is 3.90. The Morgan fingerprint density at radius 2 is 2.11 bits per heavy atom. The standard InChI is InChI=1S/C22H26N2O4/c1-14-13-24(9-8-23-14)16-5-4-15-10-19(22(25)28-20(15)11-16)18-7-6-17(26-2)12-21(18)27-3/h4-5,7,10-12,14,17,23H,6,8-9,13H2,1-3H3/t14-,17?/m0/s1. The van der Waals surface area contributed by atoms with Crippen molar-refractivity contribution < 1.29 is 13.9 Å². The molecule has 1 aromatic heterocycles. The molecule has 2 aliphatic rings. The van der Waals surface area contributed by atoms with Crippen LogP contribution in [0.3, 0.4) is 0 Å². The van der Waals surface area contributed by atoms with Crippen molar-refractivity contribution in [2.24, 2.45) is 0 Å². The Morgan fingerprint density at radius 3 is 2.86 bits per heavy atom. The molecule has 1 aliphatic carbocycles. The summed E-state index contributed by atoms with van der Waals surface area (Å²) in [4.78, 5) is 15.1. The van der Waals surface area contributed by atoms with Crippen LogP contribution < -0.4 is 15.8 Å². The zero-order valence-electron chi connectivity index (χ0n) is 16.5. The number of ether oxygens (including phenoxy) is 2.